The van der Waals surface area contributed by atoms with Crippen molar-refractivity contribution >= 4 is 23.4 Å². The van der Waals surface area contributed by atoms with Crippen LogP contribution in [0.3, 0.4) is 0 Å². The highest BCUT2D eigenvalue weighted by atomic mass is 35.5. The van der Waals surface area contributed by atoms with Crippen LogP contribution in [0.1, 0.15) is 16.7 Å². The van der Waals surface area contributed by atoms with E-state index in [0.717, 1.165) is 16.7 Å². The monoisotopic (exact) mass is 344 g/mol. The van der Waals surface area contributed by atoms with Gasteiger partial charge in [0, 0.05) is 28.8 Å². The molecule has 0 saturated heterocycles. The van der Waals surface area contributed by atoms with Crippen LogP contribution in [0, 0.1) is 0 Å². The van der Waals surface area contributed by atoms with Crippen molar-refractivity contribution in [2.45, 2.75) is 5.72 Å². The minimum Gasteiger partial charge on any atom is -0.468 e. The molecule has 5 nitrogen and oxygen atoms in total. The average Bonchev–Trinajstić information content (AvgIpc) is 2.95. The number of aliphatic imine (C=N–C) groups is 1. The number of hydrogen-bond acceptors (Lipinski definition) is 4. The average molecular weight is 345 g/mol. The molecule has 1 N–H and O–H groups in total. The number of carbonyl (C=O) groups excluding carboxylic acids is 1. The van der Waals surface area contributed by atoms with Gasteiger partial charge in [-0.1, -0.05) is 48.0 Å². The highest BCUT2D eigenvalue weighted by Crippen LogP contribution is 2.38. The molecule has 0 amide bonds. The van der Waals surface area contributed by atoms with Gasteiger partial charge in [0.1, 0.15) is 12.4 Å². The molecule has 2 aromatic rings. The lowest BCUT2D eigenvalue weighted by atomic mass is 9.94. The summed E-state index contributed by atoms with van der Waals surface area (Å²) in [6.45, 7) is -0.0619. The van der Waals surface area contributed by atoms with Gasteiger partial charge < -0.3 is 14.8 Å². The quantitative estimate of drug-likeness (QED) is 0.866. The molecule has 2 aromatic carbocycles. The molecule has 24 heavy (non-hydrogen) atoms. The molecule has 0 spiro atoms. The van der Waals surface area contributed by atoms with Gasteiger partial charge in [0.15, 0.2) is 5.72 Å². The highest BCUT2D eigenvalue weighted by Gasteiger charge is 2.43. The second-order valence-electron chi connectivity index (χ2n) is 5.30. The van der Waals surface area contributed by atoms with E-state index in [2.05, 4.69) is 15.0 Å². The Morgan fingerprint density at radius 3 is 2.54 bits per heavy atom. The summed E-state index contributed by atoms with van der Waals surface area (Å²) in [5, 5.41) is 3.96. The third kappa shape index (κ3) is 2.77. The number of amidine groups is 1. The van der Waals surface area contributed by atoms with E-state index >= 15 is 0 Å². The first-order valence-electron chi connectivity index (χ1n) is 7.41. The van der Waals surface area contributed by atoms with Crippen LogP contribution < -0.4 is 5.32 Å². The first-order valence-corrected chi connectivity index (χ1v) is 7.79. The van der Waals surface area contributed by atoms with E-state index in [1.807, 2.05) is 48.5 Å². The Morgan fingerprint density at radius 1 is 1.17 bits per heavy atom. The van der Waals surface area contributed by atoms with E-state index in [1.165, 1.54) is 7.11 Å². The number of halogens is 1. The zero-order valence-corrected chi connectivity index (χ0v) is 14.1. The van der Waals surface area contributed by atoms with Crippen LogP contribution in [0.25, 0.3) is 0 Å². The number of methoxy groups -OCH3 is 2. The van der Waals surface area contributed by atoms with E-state index in [4.69, 9.17) is 16.3 Å². The van der Waals surface area contributed by atoms with Crippen LogP contribution in [-0.2, 0) is 20.0 Å². The largest absolute Gasteiger partial charge is 0.468 e. The maximum Gasteiger partial charge on any atom is 0.327 e. The second-order valence-corrected chi connectivity index (χ2v) is 5.74. The predicted octanol–water partition coefficient (Wildman–Crippen LogP) is 2.71. The number of nitrogens with zero attached hydrogens (tertiary/aromatic N) is 1. The van der Waals surface area contributed by atoms with Crippen molar-refractivity contribution in [1.82, 2.24) is 5.32 Å². The summed E-state index contributed by atoms with van der Waals surface area (Å²) >= 11 is 6.00. The van der Waals surface area contributed by atoms with E-state index in [-0.39, 0.29) is 6.54 Å². The molecule has 1 aliphatic rings. The molecule has 0 radical (unpaired) electrons. The van der Waals surface area contributed by atoms with Gasteiger partial charge in [0.25, 0.3) is 0 Å². The van der Waals surface area contributed by atoms with Crippen LogP contribution in [0.4, 0.5) is 0 Å². The fourth-order valence-electron chi connectivity index (χ4n) is 2.82. The summed E-state index contributed by atoms with van der Waals surface area (Å²) in [7, 11) is 2.97. The van der Waals surface area contributed by atoms with Crippen molar-refractivity contribution in [3.63, 3.8) is 0 Å². The fraction of sp³-hybridized carbons (Fsp3) is 0.222. The van der Waals surface area contributed by atoms with E-state index < -0.39 is 11.7 Å². The predicted molar refractivity (Wildman–Crippen MR) is 92.2 cm³/mol. The van der Waals surface area contributed by atoms with Crippen molar-refractivity contribution in [3.05, 3.63) is 70.2 Å². The highest BCUT2D eigenvalue weighted by molar-refractivity contribution is 6.30. The maximum absolute atomic E-state index is 11.4. The molecule has 6 heteroatoms. The molecule has 1 heterocycles. The normalized spacial score (nSPS) is 20.5. The third-order valence-electron chi connectivity index (χ3n) is 4.01. The Morgan fingerprint density at radius 2 is 1.88 bits per heavy atom. The van der Waals surface area contributed by atoms with Gasteiger partial charge in [0.05, 0.1) is 7.11 Å². The number of nitrogens with one attached hydrogen (secondary N) is 1. The van der Waals surface area contributed by atoms with Crippen LogP contribution in [0.15, 0.2) is 53.5 Å². The zero-order valence-electron chi connectivity index (χ0n) is 13.4. The molecule has 1 atom stereocenters. The van der Waals surface area contributed by atoms with Gasteiger partial charge in [-0.25, -0.2) is 0 Å². The summed E-state index contributed by atoms with van der Waals surface area (Å²) < 4.78 is 10.5. The molecule has 1 unspecified atom stereocenters. The smallest absolute Gasteiger partial charge is 0.327 e. The first-order chi connectivity index (χ1) is 11.6. The number of esters is 1. The minimum absolute atomic E-state index is 0.0619. The minimum atomic E-state index is -0.879. The summed E-state index contributed by atoms with van der Waals surface area (Å²) in [5.41, 5.74) is 1.83. The fourth-order valence-corrected chi connectivity index (χ4v) is 2.95. The Hall–Kier alpha value is -2.37. The van der Waals surface area contributed by atoms with Gasteiger partial charge in [-0.3, -0.25) is 9.79 Å². The summed E-state index contributed by atoms with van der Waals surface area (Å²) in [4.78, 5) is 15.8. The van der Waals surface area contributed by atoms with E-state index in [0.29, 0.717) is 10.9 Å². The zero-order chi connectivity index (χ0) is 17.2. The van der Waals surface area contributed by atoms with Crippen molar-refractivity contribution < 1.29 is 14.3 Å². The van der Waals surface area contributed by atoms with Crippen LogP contribution in [0.5, 0.6) is 0 Å². The summed E-state index contributed by atoms with van der Waals surface area (Å²) in [5.74, 6) is 0.191. The van der Waals surface area contributed by atoms with Crippen molar-refractivity contribution in [3.8, 4) is 0 Å². The van der Waals surface area contributed by atoms with E-state index in [9.17, 15) is 4.79 Å². The lowest BCUT2D eigenvalue weighted by Gasteiger charge is -2.30. The first kappa shape index (κ1) is 16.5. The molecule has 0 aromatic heterocycles. The molecule has 124 valence electrons. The number of rotatable bonds is 4. The molecule has 1 aliphatic heterocycles. The van der Waals surface area contributed by atoms with Gasteiger partial charge in [-0.2, -0.15) is 0 Å². The van der Waals surface area contributed by atoms with E-state index in [1.54, 1.807) is 7.11 Å². The van der Waals surface area contributed by atoms with Gasteiger partial charge >= 0.3 is 5.97 Å². The molecule has 0 fully saturated rings. The Balaban J connectivity index is 2.09. The number of carbonyl (C=O) groups is 1. The lowest BCUT2D eigenvalue weighted by Crippen LogP contribution is -2.42. The molecule has 0 aliphatic carbocycles. The second kappa shape index (κ2) is 6.63. The Kier molecular flexibility index (Phi) is 4.55. The van der Waals surface area contributed by atoms with Crippen LogP contribution in [0.2, 0.25) is 5.02 Å². The SMILES string of the molecule is COC(=O)CN=C1NC(OC)(c2ccc(Cl)cc2)c2ccccc21. The number of benzene rings is 2. The summed E-state index contributed by atoms with van der Waals surface area (Å²) in [6, 6.07) is 15.2. The van der Waals surface area contributed by atoms with Crippen LogP contribution >= 0.6 is 11.6 Å². The lowest BCUT2D eigenvalue weighted by molar-refractivity contribution is -0.138. The van der Waals surface area contributed by atoms with Gasteiger partial charge in [-0.15, -0.1) is 0 Å². The number of fused-ring (bicyclic) bond motifs is 1. The molecule has 0 saturated carbocycles. The molecular weight excluding hydrogens is 328 g/mol. The third-order valence-corrected chi connectivity index (χ3v) is 4.26. The molecule has 0 bridgehead atoms. The Labute approximate surface area is 145 Å². The topological polar surface area (TPSA) is 59.9 Å². The van der Waals surface area contributed by atoms with Gasteiger partial charge in [0.2, 0.25) is 0 Å². The van der Waals surface area contributed by atoms with Crippen molar-refractivity contribution in [2.75, 3.05) is 20.8 Å². The summed E-state index contributed by atoms with van der Waals surface area (Å²) in [6.07, 6.45) is 0. The standard InChI is InChI=1S/C18H17ClN2O3/c1-23-16(22)11-20-17-14-5-3-4-6-15(14)18(21-17,24-2)12-7-9-13(19)10-8-12/h3-10H,11H2,1-2H3,(H,20,21). The van der Waals surface area contributed by atoms with Crippen molar-refractivity contribution in [1.29, 1.82) is 0 Å². The van der Waals surface area contributed by atoms with Gasteiger partial charge in [-0.05, 0) is 12.1 Å². The van der Waals surface area contributed by atoms with Crippen LogP contribution in [-0.4, -0.2) is 32.6 Å². The molecule has 3 rings (SSSR count). The number of ether oxygens (including phenoxy) is 2. The number of hydrogen-bond donors (Lipinski definition) is 1. The Bertz CT molecular complexity index is 789. The molecular formula is C18H17ClN2O3. The van der Waals surface area contributed by atoms with Crippen molar-refractivity contribution in [2.24, 2.45) is 4.99 Å². The maximum atomic E-state index is 11.4.